The Morgan fingerprint density at radius 1 is 0.167 bits per heavy atom. The molecule has 12 bridgehead atoms. The molecule has 0 amide bonds. The third-order valence-corrected chi connectivity index (χ3v) is 20.7. The van der Waals surface area contributed by atoms with E-state index < -0.39 is 0 Å². The van der Waals surface area contributed by atoms with E-state index in [1.807, 2.05) is 0 Å². The van der Waals surface area contributed by atoms with E-state index in [-0.39, 0.29) is 0 Å². The highest BCUT2D eigenvalue weighted by Gasteiger charge is 2.36. The Hall–Kier alpha value is 2.10. The van der Waals surface area contributed by atoms with Crippen LogP contribution in [0.4, 0.5) is 0 Å². The van der Waals surface area contributed by atoms with Crippen LogP contribution >= 0.6 is 70.6 Å². The van der Waals surface area contributed by atoms with Gasteiger partial charge in [0.15, 0.2) is 0 Å². The minimum atomic E-state index is 1.01. The standard InChI is InChI=1S/C36H60S6/c1-25-2-27-3-26(1)14-38-17-29-5-31-9-33(7-29)22-42-24-36-11-34(18-39-15-27)10-35(12-36)23-41-21-32-6-28(16-37-13-25)4-30(8-32)19-40-20-31/h25-36H,1-24H2/t25-,26+,27?,28-,29+,30?,31?,32?,33?,34?,35-,36+. The molecule has 4 saturated heterocycles. The van der Waals surface area contributed by atoms with Crippen molar-refractivity contribution in [3.63, 3.8) is 0 Å². The van der Waals surface area contributed by atoms with Crippen molar-refractivity contribution in [3.8, 4) is 0 Å². The lowest BCUT2D eigenvalue weighted by Gasteiger charge is -2.40. The fourth-order valence-corrected chi connectivity index (χ4v) is 18.9. The van der Waals surface area contributed by atoms with Gasteiger partial charge in [-0.3, -0.25) is 0 Å². The smallest absolute Gasteiger partial charge is 0.00388 e. The monoisotopic (exact) mass is 684 g/mol. The van der Waals surface area contributed by atoms with Gasteiger partial charge in [-0.1, -0.05) is 0 Å². The molecule has 0 spiro atoms. The van der Waals surface area contributed by atoms with Crippen molar-refractivity contribution in [2.24, 2.45) is 71.0 Å². The SMILES string of the molecule is C1SCC2CC3CSC[C@H]4CC5CSCC6C[C@H](CSC[C@@H]7CC1CC(CSC[C@H](C5)C4)C7)C[C@H](CSC[C@@H](C2)C3)C6. The molecule has 0 unspecified atom stereocenters. The van der Waals surface area contributed by atoms with Gasteiger partial charge in [0.05, 0.1) is 0 Å². The molecule has 0 atom stereocenters. The van der Waals surface area contributed by atoms with E-state index in [1.54, 1.807) is 77.0 Å². The zero-order valence-electron chi connectivity index (χ0n) is 26.3. The minimum absolute atomic E-state index is 1.01. The lowest BCUT2D eigenvalue weighted by molar-refractivity contribution is 0.231. The molecule has 0 aromatic carbocycles. The van der Waals surface area contributed by atoms with Gasteiger partial charge < -0.3 is 0 Å². The summed E-state index contributed by atoms with van der Waals surface area (Å²) in [5.41, 5.74) is 0. The molecule has 4 aliphatic carbocycles. The lowest BCUT2D eigenvalue weighted by Crippen LogP contribution is -2.32. The predicted molar refractivity (Wildman–Crippen MR) is 201 cm³/mol. The van der Waals surface area contributed by atoms with Crippen LogP contribution in [-0.2, 0) is 0 Å². The molecule has 8 fully saturated rings. The highest BCUT2D eigenvalue weighted by atomic mass is 32.2. The van der Waals surface area contributed by atoms with Crippen molar-refractivity contribution in [1.82, 2.24) is 0 Å². The summed E-state index contributed by atoms with van der Waals surface area (Å²) in [7, 11) is 0. The van der Waals surface area contributed by atoms with Gasteiger partial charge in [0, 0.05) is 0 Å². The van der Waals surface area contributed by atoms with Gasteiger partial charge >= 0.3 is 0 Å². The number of rotatable bonds is 0. The quantitative estimate of drug-likeness (QED) is 0.247. The first kappa shape index (κ1) is 32.6. The molecule has 8 aliphatic rings. The molecule has 6 heteroatoms. The number of fused-ring (bicyclic) bond motifs is 12. The van der Waals surface area contributed by atoms with E-state index in [9.17, 15) is 0 Å². The van der Waals surface area contributed by atoms with Crippen LogP contribution in [0.1, 0.15) is 77.0 Å². The lowest BCUT2D eigenvalue weighted by atomic mass is 9.77. The fraction of sp³-hybridized carbons (Fsp3) is 1.00. The molecule has 0 N–H and O–H groups in total. The van der Waals surface area contributed by atoms with Crippen molar-refractivity contribution in [2.45, 2.75) is 77.0 Å². The second-order valence-corrected chi connectivity index (χ2v) is 22.9. The summed E-state index contributed by atoms with van der Waals surface area (Å²) >= 11 is 14.5. The molecule has 42 heavy (non-hydrogen) atoms. The zero-order chi connectivity index (χ0) is 28.1. The maximum Gasteiger partial charge on any atom is -0.00388 e. The van der Waals surface area contributed by atoms with Crippen LogP contribution in [0, 0.1) is 71.0 Å². The van der Waals surface area contributed by atoms with Crippen LogP contribution in [0.15, 0.2) is 0 Å². The Balaban J connectivity index is 1.17. The first-order chi connectivity index (χ1) is 20.7. The highest BCUT2D eigenvalue weighted by molar-refractivity contribution is 8.00. The molecular weight excluding hydrogens is 625 g/mol. The molecular formula is C36H60S6. The summed E-state index contributed by atoms with van der Waals surface area (Å²) in [5, 5.41) is 0. The first-order valence-electron chi connectivity index (χ1n) is 18.2. The molecule has 240 valence electrons. The third-order valence-electron chi connectivity index (χ3n) is 12.2. The van der Waals surface area contributed by atoms with Gasteiger partial charge in [-0.05, 0) is 217 Å². The van der Waals surface area contributed by atoms with E-state index in [0.29, 0.717) is 0 Å². The van der Waals surface area contributed by atoms with E-state index >= 15 is 0 Å². The molecule has 8 rings (SSSR count). The van der Waals surface area contributed by atoms with Gasteiger partial charge in [0.1, 0.15) is 0 Å². The molecule has 4 aliphatic heterocycles. The second-order valence-electron chi connectivity index (χ2n) is 16.4. The Morgan fingerprint density at radius 3 is 0.357 bits per heavy atom. The summed E-state index contributed by atoms with van der Waals surface area (Å²) in [5.74, 6) is 29.8. The first-order valence-corrected chi connectivity index (χ1v) is 25.1. The summed E-state index contributed by atoms with van der Waals surface area (Å²) in [6.07, 6.45) is 18.7. The maximum atomic E-state index is 2.41. The summed E-state index contributed by atoms with van der Waals surface area (Å²) < 4.78 is 0. The van der Waals surface area contributed by atoms with Crippen LogP contribution in [-0.4, -0.2) is 69.0 Å². The van der Waals surface area contributed by atoms with Crippen molar-refractivity contribution >= 4 is 70.6 Å². The van der Waals surface area contributed by atoms with Crippen LogP contribution in [0.3, 0.4) is 0 Å². The predicted octanol–water partition coefficient (Wildman–Crippen LogP) is 10.6. The van der Waals surface area contributed by atoms with Gasteiger partial charge in [0.25, 0.3) is 0 Å². The van der Waals surface area contributed by atoms with E-state index in [2.05, 4.69) is 70.6 Å². The molecule has 0 aromatic rings. The number of thioether (sulfide) groups is 6. The summed E-state index contributed by atoms with van der Waals surface area (Å²) in [6, 6.07) is 0. The topological polar surface area (TPSA) is 0 Å². The average molecular weight is 685 g/mol. The molecule has 0 radical (unpaired) electrons. The van der Waals surface area contributed by atoms with Crippen molar-refractivity contribution in [2.75, 3.05) is 69.0 Å². The van der Waals surface area contributed by atoms with Crippen LogP contribution in [0.25, 0.3) is 0 Å². The highest BCUT2D eigenvalue weighted by Crippen LogP contribution is 2.46. The van der Waals surface area contributed by atoms with Gasteiger partial charge in [-0.15, -0.1) is 0 Å². The Bertz CT molecular complexity index is 568. The maximum absolute atomic E-state index is 2.41. The Labute approximate surface area is 285 Å². The zero-order valence-corrected chi connectivity index (χ0v) is 31.2. The number of hydrogen-bond acceptors (Lipinski definition) is 6. The summed E-state index contributed by atoms with van der Waals surface area (Å²) in [6.45, 7) is 0. The minimum Gasteiger partial charge on any atom is -0.161 e. The normalized spacial score (nSPS) is 48.0. The Morgan fingerprint density at radius 2 is 0.262 bits per heavy atom. The van der Waals surface area contributed by atoms with E-state index in [4.69, 9.17) is 0 Å². The fourth-order valence-electron chi connectivity index (χ4n) is 10.9. The van der Waals surface area contributed by atoms with Crippen molar-refractivity contribution < 1.29 is 0 Å². The van der Waals surface area contributed by atoms with Crippen LogP contribution < -0.4 is 0 Å². The summed E-state index contributed by atoms with van der Waals surface area (Å²) in [4.78, 5) is 0. The molecule has 0 nitrogen and oxygen atoms in total. The van der Waals surface area contributed by atoms with E-state index in [1.165, 1.54) is 69.0 Å². The van der Waals surface area contributed by atoms with E-state index in [0.717, 1.165) is 71.0 Å². The van der Waals surface area contributed by atoms with Crippen LogP contribution in [0.2, 0.25) is 0 Å². The van der Waals surface area contributed by atoms with Gasteiger partial charge in [0.2, 0.25) is 0 Å². The molecule has 0 aromatic heterocycles. The van der Waals surface area contributed by atoms with Crippen molar-refractivity contribution in [1.29, 1.82) is 0 Å². The van der Waals surface area contributed by atoms with Crippen LogP contribution in [0.5, 0.6) is 0 Å². The van der Waals surface area contributed by atoms with Crippen molar-refractivity contribution in [3.05, 3.63) is 0 Å². The molecule has 4 heterocycles. The Kier molecular flexibility index (Phi) is 12.8. The molecule has 4 saturated carbocycles. The number of hydrogen-bond donors (Lipinski definition) is 0. The average Bonchev–Trinajstić information content (AvgIpc) is 2.96. The van der Waals surface area contributed by atoms with Gasteiger partial charge in [-0.25, -0.2) is 0 Å². The van der Waals surface area contributed by atoms with Gasteiger partial charge in [-0.2, -0.15) is 70.6 Å². The third kappa shape index (κ3) is 9.59. The largest absolute Gasteiger partial charge is 0.161 e. The second kappa shape index (κ2) is 16.5.